The third-order valence-corrected chi connectivity index (χ3v) is 5.81. The van der Waals surface area contributed by atoms with Gasteiger partial charge in [0.05, 0.1) is 12.1 Å². The average molecular weight is 423 g/mol. The molecule has 0 bridgehead atoms. The van der Waals surface area contributed by atoms with E-state index >= 15 is 0 Å². The van der Waals surface area contributed by atoms with Gasteiger partial charge in [-0.3, -0.25) is 9.59 Å². The molecule has 0 spiro atoms. The first-order valence-corrected chi connectivity index (χ1v) is 10.4. The van der Waals surface area contributed by atoms with Gasteiger partial charge in [-0.2, -0.15) is 0 Å². The second-order valence-corrected chi connectivity index (χ2v) is 8.00. The van der Waals surface area contributed by atoms with Gasteiger partial charge in [0.2, 0.25) is 11.8 Å². The van der Waals surface area contributed by atoms with Crippen LogP contribution in [0.3, 0.4) is 0 Å². The Balaban J connectivity index is 1.33. The van der Waals surface area contributed by atoms with Gasteiger partial charge in [-0.05, 0) is 61.1 Å². The average Bonchev–Trinajstić information content (AvgIpc) is 3.15. The van der Waals surface area contributed by atoms with E-state index in [0.29, 0.717) is 18.8 Å². The molecule has 0 saturated heterocycles. The first kappa shape index (κ1) is 21.0. The minimum Gasteiger partial charge on any atom is -0.384 e. The molecule has 0 saturated carbocycles. The second-order valence-electron chi connectivity index (χ2n) is 8.00. The molecule has 1 aliphatic carbocycles. The Morgan fingerprint density at radius 1 is 1.23 bits per heavy atom. The Bertz CT molecular complexity index is 1020. The SMILES string of the molecule is C[C@H](NC(=O)[C@H]1CC(c2ccc(F)cc2)=CCN1)C(=O)N[C@@H]1CCc2nc(N)ccc21. The number of fused-ring (bicyclic) bond motifs is 1. The topological polar surface area (TPSA) is 109 Å². The quantitative estimate of drug-likeness (QED) is 0.587. The van der Waals surface area contributed by atoms with E-state index in [1.54, 1.807) is 25.1 Å². The number of nitrogens with one attached hydrogen (secondary N) is 3. The summed E-state index contributed by atoms with van der Waals surface area (Å²) in [5.74, 6) is -0.304. The maximum absolute atomic E-state index is 13.2. The predicted molar refractivity (Wildman–Crippen MR) is 116 cm³/mol. The molecule has 2 aromatic rings. The minimum absolute atomic E-state index is 0.129. The maximum atomic E-state index is 13.2. The van der Waals surface area contributed by atoms with Crippen molar-refractivity contribution in [1.82, 2.24) is 20.9 Å². The minimum atomic E-state index is -0.680. The molecular weight excluding hydrogens is 397 g/mol. The number of pyridine rings is 1. The molecule has 2 heterocycles. The van der Waals surface area contributed by atoms with Gasteiger partial charge < -0.3 is 21.7 Å². The number of hydrogen-bond acceptors (Lipinski definition) is 5. The van der Waals surface area contributed by atoms with E-state index in [9.17, 15) is 14.0 Å². The van der Waals surface area contributed by atoms with Crippen molar-refractivity contribution in [1.29, 1.82) is 0 Å². The molecule has 1 aliphatic heterocycles. The van der Waals surface area contributed by atoms with Crippen LogP contribution in [0.1, 0.15) is 42.6 Å². The van der Waals surface area contributed by atoms with E-state index < -0.39 is 12.1 Å². The lowest BCUT2D eigenvalue weighted by Gasteiger charge is -2.26. The number of carbonyl (C=O) groups excluding carboxylic acids is 2. The molecule has 7 nitrogen and oxygen atoms in total. The van der Waals surface area contributed by atoms with Gasteiger partial charge in [-0.25, -0.2) is 9.37 Å². The molecule has 2 aliphatic rings. The Labute approximate surface area is 180 Å². The number of anilines is 1. The van der Waals surface area contributed by atoms with Crippen molar-refractivity contribution in [2.45, 2.75) is 44.3 Å². The fourth-order valence-electron chi connectivity index (χ4n) is 4.09. The first-order chi connectivity index (χ1) is 14.9. The van der Waals surface area contributed by atoms with Crippen LogP contribution >= 0.6 is 0 Å². The van der Waals surface area contributed by atoms with Gasteiger partial charge in [0.15, 0.2) is 0 Å². The first-order valence-electron chi connectivity index (χ1n) is 10.4. The third kappa shape index (κ3) is 4.74. The summed E-state index contributed by atoms with van der Waals surface area (Å²) >= 11 is 0. The number of nitrogens with zero attached hydrogens (tertiary/aromatic N) is 1. The molecule has 8 heteroatoms. The number of nitrogens with two attached hydrogens (primary N) is 1. The number of carbonyl (C=O) groups is 2. The van der Waals surface area contributed by atoms with Crippen molar-refractivity contribution in [2.24, 2.45) is 0 Å². The molecule has 31 heavy (non-hydrogen) atoms. The Morgan fingerprint density at radius 2 is 2.00 bits per heavy atom. The van der Waals surface area contributed by atoms with Crippen LogP contribution in [0, 0.1) is 5.82 Å². The van der Waals surface area contributed by atoms with Crippen molar-refractivity contribution in [3.8, 4) is 0 Å². The third-order valence-electron chi connectivity index (χ3n) is 5.81. The highest BCUT2D eigenvalue weighted by Gasteiger charge is 2.29. The van der Waals surface area contributed by atoms with E-state index in [-0.39, 0.29) is 23.7 Å². The van der Waals surface area contributed by atoms with Crippen molar-refractivity contribution >= 4 is 23.2 Å². The smallest absolute Gasteiger partial charge is 0.242 e. The summed E-state index contributed by atoms with van der Waals surface area (Å²) in [7, 11) is 0. The lowest BCUT2D eigenvalue weighted by Crippen LogP contribution is -2.52. The molecule has 162 valence electrons. The van der Waals surface area contributed by atoms with Crippen molar-refractivity contribution in [2.75, 3.05) is 12.3 Å². The van der Waals surface area contributed by atoms with Crippen LogP contribution in [0.15, 0.2) is 42.5 Å². The van der Waals surface area contributed by atoms with Crippen LogP contribution < -0.4 is 21.7 Å². The number of hydrogen-bond donors (Lipinski definition) is 4. The van der Waals surface area contributed by atoms with Crippen LogP contribution in [0.5, 0.6) is 0 Å². The summed E-state index contributed by atoms with van der Waals surface area (Å²) in [6.45, 7) is 2.20. The molecule has 1 aromatic heterocycles. The van der Waals surface area contributed by atoms with Gasteiger partial charge >= 0.3 is 0 Å². The lowest BCUT2D eigenvalue weighted by molar-refractivity contribution is -0.130. The molecule has 1 aromatic carbocycles. The van der Waals surface area contributed by atoms with Crippen LogP contribution in [-0.2, 0) is 16.0 Å². The van der Waals surface area contributed by atoms with Gasteiger partial charge in [-0.1, -0.05) is 24.3 Å². The van der Waals surface area contributed by atoms with E-state index in [1.807, 2.05) is 12.1 Å². The number of halogens is 1. The molecule has 0 unspecified atom stereocenters. The van der Waals surface area contributed by atoms with Crippen LogP contribution in [-0.4, -0.2) is 35.4 Å². The number of benzene rings is 1. The highest BCUT2D eigenvalue weighted by molar-refractivity contribution is 5.91. The Hall–Kier alpha value is -3.26. The summed E-state index contributed by atoms with van der Waals surface area (Å²) in [5, 5.41) is 8.95. The largest absolute Gasteiger partial charge is 0.384 e. The van der Waals surface area contributed by atoms with Gasteiger partial charge in [-0.15, -0.1) is 0 Å². The summed E-state index contributed by atoms with van der Waals surface area (Å²) in [4.78, 5) is 29.8. The summed E-state index contributed by atoms with van der Waals surface area (Å²) in [6.07, 6.45) is 3.98. The fourth-order valence-corrected chi connectivity index (χ4v) is 4.09. The standard InChI is InChI=1S/C23H26FN5O2/c1-13(22(30)29-19-8-7-18-17(19)6-9-21(25)28-18)27-23(31)20-12-15(10-11-26-20)14-2-4-16(24)5-3-14/h2-6,9-10,13,19-20,26H,7-8,11-12H2,1H3,(H2,25,28)(H,27,31)(H,29,30)/t13-,19+,20+/m0/s1. The number of amides is 2. The van der Waals surface area contributed by atoms with E-state index in [4.69, 9.17) is 5.73 Å². The number of aryl methyl sites for hydroxylation is 1. The Kier molecular flexibility index (Phi) is 5.99. The molecular formula is C23H26FN5O2. The van der Waals surface area contributed by atoms with Crippen LogP contribution in [0.4, 0.5) is 10.2 Å². The highest BCUT2D eigenvalue weighted by Crippen LogP contribution is 2.30. The molecule has 4 rings (SSSR count). The van der Waals surface area contributed by atoms with E-state index in [0.717, 1.165) is 35.2 Å². The zero-order chi connectivity index (χ0) is 22.0. The van der Waals surface area contributed by atoms with Gasteiger partial charge in [0, 0.05) is 12.2 Å². The van der Waals surface area contributed by atoms with Crippen LogP contribution in [0.25, 0.3) is 5.57 Å². The molecule has 3 atom stereocenters. The normalized spacial score (nSPS) is 21.0. The molecule has 0 fully saturated rings. The van der Waals surface area contributed by atoms with Gasteiger partial charge in [0.1, 0.15) is 17.7 Å². The summed E-state index contributed by atoms with van der Waals surface area (Å²) in [5.41, 5.74) is 9.49. The summed E-state index contributed by atoms with van der Waals surface area (Å²) < 4.78 is 13.2. The zero-order valence-corrected chi connectivity index (χ0v) is 17.3. The zero-order valence-electron chi connectivity index (χ0n) is 17.3. The Morgan fingerprint density at radius 3 is 2.77 bits per heavy atom. The van der Waals surface area contributed by atoms with Crippen molar-refractivity contribution in [3.05, 3.63) is 65.1 Å². The van der Waals surface area contributed by atoms with E-state index in [1.165, 1.54) is 12.1 Å². The second kappa shape index (κ2) is 8.85. The monoisotopic (exact) mass is 423 g/mol. The highest BCUT2D eigenvalue weighted by atomic mass is 19.1. The van der Waals surface area contributed by atoms with Gasteiger partial charge in [0.25, 0.3) is 0 Å². The number of nitrogen functional groups attached to an aromatic ring is 1. The number of aromatic nitrogens is 1. The number of rotatable bonds is 5. The molecule has 5 N–H and O–H groups in total. The maximum Gasteiger partial charge on any atom is 0.242 e. The molecule has 2 amide bonds. The summed E-state index contributed by atoms with van der Waals surface area (Å²) in [6, 6.07) is 8.59. The predicted octanol–water partition coefficient (Wildman–Crippen LogP) is 1.86. The van der Waals surface area contributed by atoms with Crippen LogP contribution in [0.2, 0.25) is 0 Å². The van der Waals surface area contributed by atoms with Crippen molar-refractivity contribution in [3.63, 3.8) is 0 Å². The molecule has 0 radical (unpaired) electrons. The van der Waals surface area contributed by atoms with Crippen molar-refractivity contribution < 1.29 is 14.0 Å². The lowest BCUT2D eigenvalue weighted by atomic mass is 9.95. The van der Waals surface area contributed by atoms with E-state index in [2.05, 4.69) is 20.9 Å². The fraction of sp³-hybridized carbons (Fsp3) is 0.348.